The fourth-order valence-corrected chi connectivity index (χ4v) is 2.75. The monoisotopic (exact) mass is 366 g/mol. The lowest BCUT2D eigenvalue weighted by Crippen LogP contribution is -2.31. The summed E-state index contributed by atoms with van der Waals surface area (Å²) in [6.45, 7) is 3.02. The third-order valence-corrected chi connectivity index (χ3v) is 4.29. The van der Waals surface area contributed by atoms with Gasteiger partial charge in [0.2, 0.25) is 0 Å². The largest absolute Gasteiger partial charge is 0.365 e. The molecule has 2 aromatic carbocycles. The zero-order valence-corrected chi connectivity index (χ0v) is 15.1. The molecule has 3 rings (SSSR count). The molecule has 0 spiro atoms. The van der Waals surface area contributed by atoms with Gasteiger partial charge in [0.25, 0.3) is 5.91 Å². The summed E-state index contributed by atoms with van der Waals surface area (Å²) in [6.07, 6.45) is 3.05. The Kier molecular flexibility index (Phi) is 5.81. The minimum absolute atomic E-state index is 0.177. The highest BCUT2D eigenvalue weighted by Gasteiger charge is 2.17. The van der Waals surface area contributed by atoms with Gasteiger partial charge in [-0.05, 0) is 30.7 Å². The van der Waals surface area contributed by atoms with E-state index >= 15 is 0 Å². The van der Waals surface area contributed by atoms with Crippen LogP contribution in [0.1, 0.15) is 23.0 Å². The van der Waals surface area contributed by atoms with E-state index in [0.717, 1.165) is 11.3 Å². The van der Waals surface area contributed by atoms with Crippen molar-refractivity contribution in [3.63, 3.8) is 0 Å². The molecule has 1 aromatic heterocycles. The minimum atomic E-state index is -0.177. The number of aromatic nitrogens is 2. The van der Waals surface area contributed by atoms with Crippen LogP contribution in [-0.4, -0.2) is 22.4 Å². The molecular weight excluding hydrogens is 348 g/mol. The van der Waals surface area contributed by atoms with Gasteiger partial charge >= 0.3 is 0 Å². The van der Waals surface area contributed by atoms with Crippen molar-refractivity contribution in [2.24, 2.45) is 0 Å². The van der Waals surface area contributed by atoms with Crippen LogP contribution in [0.2, 0.25) is 5.02 Å². The molecule has 1 N–H and O–H groups in total. The lowest BCUT2D eigenvalue weighted by atomic mass is 10.2. The molecule has 1 amide bonds. The van der Waals surface area contributed by atoms with Crippen molar-refractivity contribution in [1.29, 1.82) is 0 Å². The normalized spacial score (nSPS) is 10.4. The van der Waals surface area contributed by atoms with Crippen LogP contribution in [-0.2, 0) is 6.54 Å². The van der Waals surface area contributed by atoms with Gasteiger partial charge in [0.05, 0.1) is 12.4 Å². The number of para-hydroxylation sites is 1. The Morgan fingerprint density at radius 2 is 1.77 bits per heavy atom. The second-order valence-electron chi connectivity index (χ2n) is 5.62. The molecule has 0 radical (unpaired) electrons. The van der Waals surface area contributed by atoms with E-state index in [1.165, 1.54) is 6.20 Å². The summed E-state index contributed by atoms with van der Waals surface area (Å²) in [5, 5.41) is 3.86. The molecule has 0 aliphatic heterocycles. The highest BCUT2D eigenvalue weighted by Crippen LogP contribution is 2.17. The van der Waals surface area contributed by atoms with E-state index in [1.807, 2.05) is 61.5 Å². The number of rotatable bonds is 6. The zero-order valence-electron chi connectivity index (χ0n) is 14.4. The molecule has 26 heavy (non-hydrogen) atoms. The summed E-state index contributed by atoms with van der Waals surface area (Å²) in [5.41, 5.74) is 2.11. The van der Waals surface area contributed by atoms with Crippen LogP contribution >= 0.6 is 11.6 Å². The number of hydrogen-bond acceptors (Lipinski definition) is 4. The second kappa shape index (κ2) is 8.45. The zero-order chi connectivity index (χ0) is 18.4. The first-order chi connectivity index (χ1) is 12.7. The van der Waals surface area contributed by atoms with Crippen LogP contribution in [0.5, 0.6) is 0 Å². The van der Waals surface area contributed by atoms with Crippen molar-refractivity contribution in [2.75, 3.05) is 16.8 Å². The molecule has 0 fully saturated rings. The molecule has 0 aliphatic carbocycles. The Hall–Kier alpha value is -2.92. The number of nitrogens with one attached hydrogen (secondary N) is 1. The van der Waals surface area contributed by atoms with Crippen LogP contribution in [0.15, 0.2) is 67.0 Å². The number of benzene rings is 2. The Morgan fingerprint density at radius 1 is 1.04 bits per heavy atom. The first-order valence-electron chi connectivity index (χ1n) is 8.35. The molecule has 1 heterocycles. The molecule has 0 atom stereocenters. The fraction of sp³-hybridized carbons (Fsp3) is 0.150. The summed E-state index contributed by atoms with van der Waals surface area (Å²) in [7, 11) is 0. The van der Waals surface area contributed by atoms with Crippen molar-refractivity contribution in [1.82, 2.24) is 9.97 Å². The van der Waals surface area contributed by atoms with E-state index in [-0.39, 0.29) is 5.91 Å². The predicted octanol–water partition coefficient (Wildman–Crippen LogP) is 4.41. The van der Waals surface area contributed by atoms with Crippen LogP contribution in [0.4, 0.5) is 11.5 Å². The third-order valence-electron chi connectivity index (χ3n) is 3.92. The summed E-state index contributed by atoms with van der Waals surface area (Å²) in [6, 6.07) is 17.1. The van der Waals surface area contributed by atoms with Crippen molar-refractivity contribution in [2.45, 2.75) is 13.5 Å². The smallest absolute Gasteiger partial charge is 0.278 e. The van der Waals surface area contributed by atoms with Crippen molar-refractivity contribution < 1.29 is 4.79 Å². The van der Waals surface area contributed by atoms with Gasteiger partial charge < -0.3 is 10.2 Å². The maximum absolute atomic E-state index is 12.7. The van der Waals surface area contributed by atoms with Crippen molar-refractivity contribution >= 4 is 29.0 Å². The molecule has 0 saturated carbocycles. The third kappa shape index (κ3) is 4.18. The molecule has 5 nitrogen and oxygen atoms in total. The summed E-state index contributed by atoms with van der Waals surface area (Å²) >= 11 is 6.14. The van der Waals surface area contributed by atoms with Crippen LogP contribution < -0.4 is 10.2 Å². The van der Waals surface area contributed by atoms with E-state index in [4.69, 9.17) is 11.6 Å². The van der Waals surface area contributed by atoms with Gasteiger partial charge in [-0.2, -0.15) is 0 Å². The molecule has 0 bridgehead atoms. The van der Waals surface area contributed by atoms with Gasteiger partial charge in [-0.1, -0.05) is 48.0 Å². The lowest BCUT2D eigenvalue weighted by Gasteiger charge is -2.20. The lowest BCUT2D eigenvalue weighted by molar-refractivity contribution is 0.0983. The number of amides is 1. The SMILES string of the molecule is CCN(C(=O)c1cnc(NCc2ccccc2Cl)cn1)c1ccccc1. The number of hydrogen-bond donors (Lipinski definition) is 1. The van der Waals surface area contributed by atoms with E-state index in [2.05, 4.69) is 15.3 Å². The number of anilines is 2. The van der Waals surface area contributed by atoms with Gasteiger partial charge in [0.15, 0.2) is 0 Å². The van der Waals surface area contributed by atoms with Crippen LogP contribution in [0.25, 0.3) is 0 Å². The van der Waals surface area contributed by atoms with Crippen molar-refractivity contribution in [3.05, 3.63) is 83.3 Å². The molecule has 6 heteroatoms. The number of carbonyl (C=O) groups excluding carboxylic acids is 1. The van der Waals surface area contributed by atoms with Gasteiger partial charge in [-0.15, -0.1) is 0 Å². The van der Waals surface area contributed by atoms with Crippen LogP contribution in [0.3, 0.4) is 0 Å². The minimum Gasteiger partial charge on any atom is -0.365 e. The quantitative estimate of drug-likeness (QED) is 0.702. The Morgan fingerprint density at radius 3 is 2.42 bits per heavy atom. The predicted molar refractivity (Wildman–Crippen MR) is 105 cm³/mol. The van der Waals surface area contributed by atoms with E-state index in [9.17, 15) is 4.79 Å². The van der Waals surface area contributed by atoms with Gasteiger partial charge in [-0.3, -0.25) is 4.79 Å². The maximum atomic E-state index is 12.7. The van der Waals surface area contributed by atoms with Crippen LogP contribution in [0, 0.1) is 0 Å². The highest BCUT2D eigenvalue weighted by molar-refractivity contribution is 6.31. The standard InChI is InChI=1S/C20H19ClN4O/c1-2-25(16-9-4-3-5-10-16)20(26)18-13-24-19(14-22-18)23-12-15-8-6-7-11-17(15)21/h3-11,13-14H,2,12H2,1H3,(H,23,24). The summed E-state index contributed by atoms with van der Waals surface area (Å²) in [4.78, 5) is 22.9. The molecule has 0 aliphatic rings. The topological polar surface area (TPSA) is 58.1 Å². The Bertz CT molecular complexity index is 868. The van der Waals surface area contributed by atoms with E-state index in [1.54, 1.807) is 11.1 Å². The van der Waals surface area contributed by atoms with Crippen molar-refractivity contribution in [3.8, 4) is 0 Å². The maximum Gasteiger partial charge on any atom is 0.278 e. The summed E-state index contributed by atoms with van der Waals surface area (Å²) < 4.78 is 0. The molecule has 0 saturated heterocycles. The second-order valence-corrected chi connectivity index (χ2v) is 6.02. The summed E-state index contributed by atoms with van der Waals surface area (Å²) in [5.74, 6) is 0.410. The average Bonchev–Trinajstić information content (AvgIpc) is 2.69. The number of carbonyl (C=O) groups is 1. The molecule has 3 aromatic rings. The van der Waals surface area contributed by atoms with Gasteiger partial charge in [0, 0.05) is 23.8 Å². The Labute approximate surface area is 157 Å². The first-order valence-corrected chi connectivity index (χ1v) is 8.73. The number of halogens is 1. The highest BCUT2D eigenvalue weighted by atomic mass is 35.5. The average molecular weight is 367 g/mol. The van der Waals surface area contributed by atoms with E-state index < -0.39 is 0 Å². The molecule has 0 unspecified atom stereocenters. The fourth-order valence-electron chi connectivity index (χ4n) is 2.55. The first kappa shape index (κ1) is 17.9. The Balaban J connectivity index is 1.68. The van der Waals surface area contributed by atoms with E-state index in [0.29, 0.717) is 29.6 Å². The molecule has 132 valence electrons. The van der Waals surface area contributed by atoms with Gasteiger partial charge in [0.1, 0.15) is 11.5 Å². The van der Waals surface area contributed by atoms with Gasteiger partial charge in [-0.25, -0.2) is 9.97 Å². The molecular formula is C20H19ClN4O. The number of nitrogens with zero attached hydrogens (tertiary/aromatic N) is 3.